The fourth-order valence-corrected chi connectivity index (χ4v) is 4.65. The number of aromatic amines is 1. The number of imidazole rings is 1. The Balaban J connectivity index is 1.32. The van der Waals surface area contributed by atoms with E-state index in [4.69, 9.17) is 16.3 Å². The van der Waals surface area contributed by atoms with Crippen LogP contribution in [0.15, 0.2) is 41.2 Å². The van der Waals surface area contributed by atoms with E-state index in [2.05, 4.69) is 9.88 Å². The number of rotatable bonds is 7. The third-order valence-electron chi connectivity index (χ3n) is 6.05. The van der Waals surface area contributed by atoms with Gasteiger partial charge in [-0.2, -0.15) is 0 Å². The number of piperidine rings is 1. The van der Waals surface area contributed by atoms with Crippen LogP contribution in [0, 0.1) is 19.8 Å². The number of aryl methyl sites for hydroxylation is 2. The van der Waals surface area contributed by atoms with Gasteiger partial charge in [0.25, 0.3) is 0 Å². The van der Waals surface area contributed by atoms with Crippen LogP contribution in [0.2, 0.25) is 5.02 Å². The molecule has 1 saturated heterocycles. The van der Waals surface area contributed by atoms with Crippen molar-refractivity contribution in [3.8, 4) is 5.75 Å². The minimum Gasteiger partial charge on any atom is -0.491 e. The number of aromatic nitrogens is 2. The molecule has 1 aliphatic heterocycles. The van der Waals surface area contributed by atoms with Crippen molar-refractivity contribution >= 4 is 22.6 Å². The van der Waals surface area contributed by atoms with E-state index in [9.17, 15) is 9.90 Å². The smallest absolute Gasteiger partial charge is 0.326 e. The normalized spacial score (nSPS) is 18.4. The lowest BCUT2D eigenvalue weighted by Crippen LogP contribution is -2.43. The van der Waals surface area contributed by atoms with Gasteiger partial charge in [-0.05, 0) is 74.5 Å². The number of nitrogens with zero attached hydrogens (tertiary/aromatic N) is 2. The van der Waals surface area contributed by atoms with Crippen molar-refractivity contribution in [2.24, 2.45) is 5.92 Å². The van der Waals surface area contributed by atoms with Crippen molar-refractivity contribution < 1.29 is 9.84 Å². The van der Waals surface area contributed by atoms with Crippen molar-refractivity contribution in [3.63, 3.8) is 0 Å². The standard InChI is InChI=1S/C24H30ClN3O3/c1-16-10-20(11-17(2)23(16)25)31-15-19(29)14-27-9-5-6-18(12-27)13-28-22-8-4-3-7-21(22)26-24(28)30/h3-4,7-8,10-11,18-19,29H,5-6,9,12-15H2,1-2H3,(H,26,30). The Labute approximate surface area is 187 Å². The number of ether oxygens (including phenoxy) is 1. The van der Waals surface area contributed by atoms with Gasteiger partial charge in [0.2, 0.25) is 0 Å². The van der Waals surface area contributed by atoms with Crippen LogP contribution >= 0.6 is 11.6 Å². The van der Waals surface area contributed by atoms with Crippen LogP contribution in [0.4, 0.5) is 0 Å². The number of aliphatic hydroxyl groups is 1. The highest BCUT2D eigenvalue weighted by Crippen LogP contribution is 2.26. The molecule has 1 fully saturated rings. The van der Waals surface area contributed by atoms with Gasteiger partial charge in [-0.3, -0.25) is 4.57 Å². The molecule has 0 bridgehead atoms. The molecule has 0 saturated carbocycles. The second-order valence-electron chi connectivity index (χ2n) is 8.66. The van der Waals surface area contributed by atoms with E-state index in [1.807, 2.05) is 54.8 Å². The first-order valence-electron chi connectivity index (χ1n) is 10.9. The highest BCUT2D eigenvalue weighted by molar-refractivity contribution is 6.32. The Hall–Kier alpha value is -2.28. The quantitative estimate of drug-likeness (QED) is 0.583. The Bertz CT molecular complexity index is 1080. The molecular formula is C24H30ClN3O3. The number of H-pyrrole nitrogens is 1. The van der Waals surface area contributed by atoms with Crippen LogP contribution < -0.4 is 10.4 Å². The lowest BCUT2D eigenvalue weighted by Gasteiger charge is -2.34. The van der Waals surface area contributed by atoms with E-state index >= 15 is 0 Å². The van der Waals surface area contributed by atoms with Crippen molar-refractivity contribution in [2.45, 2.75) is 39.3 Å². The molecule has 2 atom stereocenters. The number of likely N-dealkylation sites (tertiary alicyclic amines) is 1. The molecule has 7 heteroatoms. The largest absolute Gasteiger partial charge is 0.491 e. The zero-order valence-corrected chi connectivity index (χ0v) is 18.9. The van der Waals surface area contributed by atoms with Crippen LogP contribution in [-0.2, 0) is 6.54 Å². The number of aliphatic hydroxyl groups excluding tert-OH is 1. The van der Waals surface area contributed by atoms with Crippen molar-refractivity contribution in [3.05, 3.63) is 63.0 Å². The Morgan fingerprint density at radius 2 is 2.00 bits per heavy atom. The van der Waals surface area contributed by atoms with Gasteiger partial charge in [-0.15, -0.1) is 0 Å². The molecular weight excluding hydrogens is 414 g/mol. The lowest BCUT2D eigenvalue weighted by atomic mass is 9.97. The summed E-state index contributed by atoms with van der Waals surface area (Å²) in [7, 11) is 0. The maximum Gasteiger partial charge on any atom is 0.326 e. The zero-order valence-electron chi connectivity index (χ0n) is 18.1. The maximum absolute atomic E-state index is 12.4. The monoisotopic (exact) mass is 443 g/mol. The summed E-state index contributed by atoms with van der Waals surface area (Å²) in [5, 5.41) is 11.3. The highest BCUT2D eigenvalue weighted by Gasteiger charge is 2.23. The van der Waals surface area contributed by atoms with E-state index < -0.39 is 6.10 Å². The predicted octanol–water partition coefficient (Wildman–Crippen LogP) is 3.75. The van der Waals surface area contributed by atoms with Crippen LogP contribution in [0.1, 0.15) is 24.0 Å². The SMILES string of the molecule is Cc1cc(OCC(O)CN2CCCC(Cn3c(=O)[nH]c4ccccc43)C2)cc(C)c1Cl. The summed E-state index contributed by atoms with van der Waals surface area (Å²) in [5.41, 5.74) is 3.71. The number of para-hydroxylation sites is 2. The summed E-state index contributed by atoms with van der Waals surface area (Å²) >= 11 is 6.21. The first kappa shape index (κ1) is 21.9. The van der Waals surface area contributed by atoms with E-state index in [0.717, 1.165) is 58.9 Å². The molecule has 0 radical (unpaired) electrons. The van der Waals surface area contributed by atoms with Crippen LogP contribution in [-0.4, -0.2) is 51.9 Å². The molecule has 0 amide bonds. The number of hydrogen-bond acceptors (Lipinski definition) is 4. The topological polar surface area (TPSA) is 70.5 Å². The summed E-state index contributed by atoms with van der Waals surface area (Å²) in [5.74, 6) is 1.11. The van der Waals surface area contributed by atoms with E-state index in [-0.39, 0.29) is 12.3 Å². The molecule has 2 N–H and O–H groups in total. The van der Waals surface area contributed by atoms with E-state index in [1.165, 1.54) is 0 Å². The van der Waals surface area contributed by atoms with Crippen LogP contribution in [0.25, 0.3) is 11.0 Å². The van der Waals surface area contributed by atoms with Gasteiger partial charge in [0.1, 0.15) is 18.5 Å². The summed E-state index contributed by atoms with van der Waals surface area (Å²) in [6, 6.07) is 11.6. The average Bonchev–Trinajstić information content (AvgIpc) is 3.06. The number of halogens is 1. The van der Waals surface area contributed by atoms with E-state index in [0.29, 0.717) is 19.0 Å². The average molecular weight is 444 g/mol. The molecule has 2 aromatic carbocycles. The molecule has 4 rings (SSSR count). The second kappa shape index (κ2) is 9.47. The highest BCUT2D eigenvalue weighted by atomic mass is 35.5. The minimum atomic E-state index is -0.578. The van der Waals surface area contributed by atoms with Gasteiger partial charge < -0.3 is 19.7 Å². The molecule has 2 heterocycles. The first-order chi connectivity index (χ1) is 14.9. The summed E-state index contributed by atoms with van der Waals surface area (Å²) in [6.07, 6.45) is 1.56. The molecule has 1 aliphatic rings. The molecule has 166 valence electrons. The first-order valence-corrected chi connectivity index (χ1v) is 11.3. The predicted molar refractivity (Wildman–Crippen MR) is 124 cm³/mol. The maximum atomic E-state index is 12.4. The van der Waals surface area contributed by atoms with Gasteiger partial charge >= 0.3 is 5.69 Å². The molecule has 31 heavy (non-hydrogen) atoms. The third-order valence-corrected chi connectivity index (χ3v) is 6.64. The van der Waals surface area contributed by atoms with Crippen LogP contribution in [0.5, 0.6) is 5.75 Å². The molecule has 2 unspecified atom stereocenters. The zero-order chi connectivity index (χ0) is 22.0. The molecule has 1 aromatic heterocycles. The van der Waals surface area contributed by atoms with Crippen molar-refractivity contribution in [1.82, 2.24) is 14.5 Å². The number of hydrogen-bond donors (Lipinski definition) is 2. The van der Waals surface area contributed by atoms with Gasteiger partial charge in [0.05, 0.1) is 11.0 Å². The number of benzene rings is 2. The Morgan fingerprint density at radius 1 is 1.26 bits per heavy atom. The number of nitrogens with one attached hydrogen (secondary N) is 1. The molecule has 0 aliphatic carbocycles. The molecule has 6 nitrogen and oxygen atoms in total. The number of fused-ring (bicyclic) bond motifs is 1. The fraction of sp³-hybridized carbons (Fsp3) is 0.458. The van der Waals surface area contributed by atoms with Gasteiger partial charge in [0, 0.05) is 24.7 Å². The lowest BCUT2D eigenvalue weighted by molar-refractivity contribution is 0.0499. The Kier molecular flexibility index (Phi) is 6.70. The summed E-state index contributed by atoms with van der Waals surface area (Å²) < 4.78 is 7.66. The summed E-state index contributed by atoms with van der Waals surface area (Å²) in [4.78, 5) is 17.6. The van der Waals surface area contributed by atoms with Gasteiger partial charge in [0.15, 0.2) is 0 Å². The van der Waals surface area contributed by atoms with Crippen molar-refractivity contribution in [1.29, 1.82) is 0 Å². The fourth-order valence-electron chi connectivity index (χ4n) is 4.55. The third kappa shape index (κ3) is 5.14. The second-order valence-corrected chi connectivity index (χ2v) is 9.04. The molecule has 3 aromatic rings. The molecule has 0 spiro atoms. The van der Waals surface area contributed by atoms with Gasteiger partial charge in [-0.25, -0.2) is 4.79 Å². The number of β-amino-alcohol motifs (C(OH)–C–C–N with tert-alkyl or cyclic N) is 1. The summed E-state index contributed by atoms with van der Waals surface area (Å²) in [6.45, 7) is 7.21. The van der Waals surface area contributed by atoms with E-state index in [1.54, 1.807) is 0 Å². The van der Waals surface area contributed by atoms with Crippen LogP contribution in [0.3, 0.4) is 0 Å². The Morgan fingerprint density at radius 3 is 2.77 bits per heavy atom. The van der Waals surface area contributed by atoms with Crippen molar-refractivity contribution in [2.75, 3.05) is 26.2 Å². The van der Waals surface area contributed by atoms with Gasteiger partial charge in [-0.1, -0.05) is 23.7 Å². The minimum absolute atomic E-state index is 0.0553.